The Kier molecular flexibility index (Phi) is 1.43. The first-order valence-electron chi connectivity index (χ1n) is 3.58. The molecule has 1 aromatic heterocycles. The van der Waals surface area contributed by atoms with Gasteiger partial charge in [-0.25, -0.2) is 4.98 Å². The Labute approximate surface area is 68.8 Å². The van der Waals surface area contributed by atoms with Gasteiger partial charge < -0.3 is 5.73 Å². The van der Waals surface area contributed by atoms with E-state index in [-0.39, 0.29) is 5.82 Å². The molecule has 60 valence electrons. The Bertz CT molecular complexity index is 426. The molecule has 3 heteroatoms. The largest absolute Gasteiger partial charge is 0.383 e. The molecule has 0 amide bonds. The molecule has 1 heterocycles. The van der Waals surface area contributed by atoms with E-state index >= 15 is 0 Å². The van der Waals surface area contributed by atoms with Crippen molar-refractivity contribution in [2.45, 2.75) is 0 Å². The SMILES string of the molecule is Nc1nc(F)cc2ccccc12. The lowest BCUT2D eigenvalue weighted by molar-refractivity contribution is 0.588. The summed E-state index contributed by atoms with van der Waals surface area (Å²) in [5, 5.41) is 1.57. The van der Waals surface area contributed by atoms with Crippen LogP contribution in [0.2, 0.25) is 0 Å². The van der Waals surface area contributed by atoms with E-state index in [1.165, 1.54) is 6.07 Å². The molecule has 2 rings (SSSR count). The van der Waals surface area contributed by atoms with Gasteiger partial charge in [-0.05, 0) is 5.39 Å². The lowest BCUT2D eigenvalue weighted by Crippen LogP contribution is -1.93. The molecule has 0 saturated heterocycles. The summed E-state index contributed by atoms with van der Waals surface area (Å²) in [5.74, 6) is -0.295. The fourth-order valence-corrected chi connectivity index (χ4v) is 1.19. The number of aromatic nitrogens is 1. The molecule has 0 saturated carbocycles. The summed E-state index contributed by atoms with van der Waals surface area (Å²) in [6, 6.07) is 8.67. The van der Waals surface area contributed by atoms with Gasteiger partial charge in [-0.1, -0.05) is 24.3 Å². The van der Waals surface area contributed by atoms with Crippen LogP contribution < -0.4 is 5.73 Å². The minimum atomic E-state index is -0.536. The molecule has 0 bridgehead atoms. The van der Waals surface area contributed by atoms with Crippen molar-refractivity contribution in [1.82, 2.24) is 4.98 Å². The molecular formula is C9H7FN2. The molecule has 0 aliphatic heterocycles. The third-order valence-corrected chi connectivity index (χ3v) is 1.74. The predicted molar refractivity (Wildman–Crippen MR) is 46.1 cm³/mol. The smallest absolute Gasteiger partial charge is 0.215 e. The van der Waals surface area contributed by atoms with E-state index in [1.807, 2.05) is 18.2 Å². The summed E-state index contributed by atoms with van der Waals surface area (Å²) in [6.45, 7) is 0. The lowest BCUT2D eigenvalue weighted by atomic mass is 10.2. The number of hydrogen-bond acceptors (Lipinski definition) is 2. The van der Waals surface area contributed by atoms with Gasteiger partial charge in [0.05, 0.1) is 0 Å². The number of nitrogens with two attached hydrogens (primary N) is 1. The molecule has 2 aromatic rings. The highest BCUT2D eigenvalue weighted by Gasteiger charge is 2.00. The molecule has 1 aromatic carbocycles. The molecule has 0 fully saturated rings. The van der Waals surface area contributed by atoms with Crippen LogP contribution in [0.3, 0.4) is 0 Å². The van der Waals surface area contributed by atoms with Gasteiger partial charge in [-0.2, -0.15) is 4.39 Å². The van der Waals surface area contributed by atoms with Crippen LogP contribution in [-0.4, -0.2) is 4.98 Å². The lowest BCUT2D eigenvalue weighted by Gasteiger charge is -1.99. The minimum Gasteiger partial charge on any atom is -0.383 e. The van der Waals surface area contributed by atoms with Crippen molar-refractivity contribution in [2.75, 3.05) is 5.73 Å². The number of fused-ring (bicyclic) bond motifs is 1. The van der Waals surface area contributed by atoms with Crippen molar-refractivity contribution in [3.8, 4) is 0 Å². The van der Waals surface area contributed by atoms with Gasteiger partial charge in [-0.15, -0.1) is 0 Å². The third-order valence-electron chi connectivity index (χ3n) is 1.74. The molecule has 2 N–H and O–H groups in total. The Balaban J connectivity index is 2.89. The second-order valence-electron chi connectivity index (χ2n) is 2.55. The summed E-state index contributed by atoms with van der Waals surface area (Å²) in [4.78, 5) is 3.51. The van der Waals surface area contributed by atoms with Gasteiger partial charge in [-0.3, -0.25) is 0 Å². The van der Waals surface area contributed by atoms with Gasteiger partial charge >= 0.3 is 0 Å². The van der Waals surface area contributed by atoms with Crippen molar-refractivity contribution in [3.63, 3.8) is 0 Å². The number of anilines is 1. The first kappa shape index (κ1) is 7.03. The van der Waals surface area contributed by atoms with Crippen molar-refractivity contribution in [3.05, 3.63) is 36.3 Å². The van der Waals surface area contributed by atoms with Gasteiger partial charge in [0.25, 0.3) is 0 Å². The number of nitrogens with zero attached hydrogens (tertiary/aromatic N) is 1. The van der Waals surface area contributed by atoms with Gasteiger partial charge in [0.15, 0.2) is 0 Å². The Hall–Kier alpha value is -1.64. The number of benzene rings is 1. The van der Waals surface area contributed by atoms with Crippen LogP contribution in [0.5, 0.6) is 0 Å². The average Bonchev–Trinajstić information content (AvgIpc) is 2.04. The second-order valence-corrected chi connectivity index (χ2v) is 2.55. The Morgan fingerprint density at radius 2 is 2.00 bits per heavy atom. The topological polar surface area (TPSA) is 38.9 Å². The summed E-state index contributed by atoms with van der Waals surface area (Å²) in [6.07, 6.45) is 0. The zero-order valence-electron chi connectivity index (χ0n) is 6.29. The number of hydrogen-bond donors (Lipinski definition) is 1. The van der Waals surface area contributed by atoms with E-state index in [2.05, 4.69) is 4.98 Å². The maximum absolute atomic E-state index is 12.7. The Morgan fingerprint density at radius 3 is 2.83 bits per heavy atom. The van der Waals surface area contributed by atoms with Crippen LogP contribution in [0.25, 0.3) is 10.8 Å². The summed E-state index contributed by atoms with van der Waals surface area (Å²) < 4.78 is 12.7. The summed E-state index contributed by atoms with van der Waals surface area (Å²) in [7, 11) is 0. The van der Waals surface area contributed by atoms with Crippen LogP contribution in [-0.2, 0) is 0 Å². The van der Waals surface area contributed by atoms with Gasteiger partial charge in [0.2, 0.25) is 5.95 Å². The molecule has 12 heavy (non-hydrogen) atoms. The number of pyridine rings is 1. The number of rotatable bonds is 0. The standard InChI is InChI=1S/C9H7FN2/c10-8-5-6-3-1-2-4-7(6)9(11)12-8/h1-5H,(H2,11,12). The van der Waals surface area contributed by atoms with E-state index in [4.69, 9.17) is 5.73 Å². The van der Waals surface area contributed by atoms with E-state index in [0.717, 1.165) is 10.8 Å². The van der Waals surface area contributed by atoms with E-state index in [0.29, 0.717) is 0 Å². The van der Waals surface area contributed by atoms with Crippen LogP contribution >= 0.6 is 0 Å². The molecule has 0 aliphatic carbocycles. The van der Waals surface area contributed by atoms with Crippen LogP contribution in [0.15, 0.2) is 30.3 Å². The van der Waals surface area contributed by atoms with E-state index < -0.39 is 5.95 Å². The van der Waals surface area contributed by atoms with Crippen molar-refractivity contribution in [2.24, 2.45) is 0 Å². The molecular weight excluding hydrogens is 155 g/mol. The fourth-order valence-electron chi connectivity index (χ4n) is 1.19. The van der Waals surface area contributed by atoms with Gasteiger partial charge in [0, 0.05) is 11.5 Å². The molecule has 0 unspecified atom stereocenters. The quantitative estimate of drug-likeness (QED) is 0.601. The van der Waals surface area contributed by atoms with Gasteiger partial charge in [0.1, 0.15) is 5.82 Å². The van der Waals surface area contributed by atoms with Crippen LogP contribution in [0.4, 0.5) is 10.2 Å². The molecule has 0 atom stereocenters. The summed E-state index contributed by atoms with van der Waals surface area (Å²) in [5.41, 5.74) is 5.51. The zero-order valence-corrected chi connectivity index (χ0v) is 6.29. The molecule has 2 nitrogen and oxygen atoms in total. The van der Waals surface area contributed by atoms with Crippen LogP contribution in [0, 0.1) is 5.95 Å². The average molecular weight is 162 g/mol. The summed E-state index contributed by atoms with van der Waals surface area (Å²) >= 11 is 0. The zero-order chi connectivity index (χ0) is 8.55. The number of nitrogen functional groups attached to an aromatic ring is 1. The second kappa shape index (κ2) is 2.44. The highest BCUT2D eigenvalue weighted by atomic mass is 19.1. The highest BCUT2D eigenvalue weighted by molar-refractivity contribution is 5.90. The maximum Gasteiger partial charge on any atom is 0.215 e. The predicted octanol–water partition coefficient (Wildman–Crippen LogP) is 1.96. The normalized spacial score (nSPS) is 10.4. The first-order valence-corrected chi connectivity index (χ1v) is 3.58. The molecule has 0 aliphatic rings. The molecule has 0 radical (unpaired) electrons. The van der Waals surface area contributed by atoms with E-state index in [9.17, 15) is 4.39 Å². The highest BCUT2D eigenvalue weighted by Crippen LogP contribution is 2.18. The molecule has 0 spiro atoms. The van der Waals surface area contributed by atoms with Crippen molar-refractivity contribution in [1.29, 1.82) is 0 Å². The van der Waals surface area contributed by atoms with Crippen molar-refractivity contribution >= 4 is 16.6 Å². The Morgan fingerprint density at radius 1 is 1.25 bits per heavy atom. The minimum absolute atomic E-state index is 0.241. The third kappa shape index (κ3) is 0.993. The first-order chi connectivity index (χ1) is 5.77. The van der Waals surface area contributed by atoms with E-state index in [1.54, 1.807) is 6.07 Å². The maximum atomic E-state index is 12.7. The monoisotopic (exact) mass is 162 g/mol. The van der Waals surface area contributed by atoms with Crippen molar-refractivity contribution < 1.29 is 4.39 Å². The fraction of sp³-hybridized carbons (Fsp3) is 0. The van der Waals surface area contributed by atoms with Crippen LogP contribution in [0.1, 0.15) is 0 Å². The number of halogens is 1.